The first-order valence-corrected chi connectivity index (χ1v) is 7.34. The highest BCUT2D eigenvalue weighted by Crippen LogP contribution is 2.22. The predicted molar refractivity (Wildman–Crippen MR) is 79.8 cm³/mol. The van der Waals surface area contributed by atoms with Crippen molar-refractivity contribution >= 4 is 27.5 Å². The minimum absolute atomic E-state index is 0.0545. The summed E-state index contributed by atoms with van der Waals surface area (Å²) in [4.78, 5) is 11.8. The van der Waals surface area contributed by atoms with Gasteiger partial charge in [0.05, 0.1) is 23.0 Å². The minimum atomic E-state index is -0.0545. The molecule has 0 aliphatic rings. The van der Waals surface area contributed by atoms with E-state index in [1.807, 2.05) is 18.5 Å². The molecule has 2 heterocycles. The van der Waals surface area contributed by atoms with Crippen LogP contribution in [0.15, 0.2) is 27.6 Å². The van der Waals surface area contributed by atoms with Crippen LogP contribution in [0.3, 0.4) is 0 Å². The molecule has 0 aliphatic heterocycles. The highest BCUT2D eigenvalue weighted by molar-refractivity contribution is 9.10. The first-order valence-electron chi connectivity index (χ1n) is 6.16. The van der Waals surface area contributed by atoms with Gasteiger partial charge in [0.25, 0.3) is 5.56 Å². The Bertz CT molecular complexity index is 648. The summed E-state index contributed by atoms with van der Waals surface area (Å²) in [6.07, 6.45) is 2.55. The maximum Gasteiger partial charge on any atom is 0.250 e. The number of hydrogen-bond donors (Lipinski definition) is 0. The van der Waals surface area contributed by atoms with Crippen molar-refractivity contribution in [3.8, 4) is 0 Å². The van der Waals surface area contributed by atoms with Crippen molar-refractivity contribution in [2.45, 2.75) is 33.4 Å². The molecule has 2 rings (SSSR count). The van der Waals surface area contributed by atoms with Crippen LogP contribution in [0, 0.1) is 0 Å². The van der Waals surface area contributed by atoms with Gasteiger partial charge in [0, 0.05) is 23.3 Å². The third-order valence-electron chi connectivity index (χ3n) is 2.96. The zero-order valence-corrected chi connectivity index (χ0v) is 13.2. The zero-order valence-electron chi connectivity index (χ0n) is 10.9. The van der Waals surface area contributed by atoms with E-state index in [2.05, 4.69) is 21.0 Å². The van der Waals surface area contributed by atoms with Gasteiger partial charge in [-0.25, -0.2) is 0 Å². The lowest BCUT2D eigenvalue weighted by Gasteiger charge is -2.08. The van der Waals surface area contributed by atoms with Crippen LogP contribution in [0.25, 0.3) is 0 Å². The molecule has 4 nitrogen and oxygen atoms in total. The first-order chi connectivity index (χ1) is 9.06. The fourth-order valence-corrected chi connectivity index (χ4v) is 2.66. The van der Waals surface area contributed by atoms with E-state index in [-0.39, 0.29) is 5.56 Å². The number of halogens is 2. The standard InChI is InChI=1S/C13H15BrClN3O/c1-3-10-13(15)11(18(4-2)16-10)8-17-7-9(14)5-6-12(17)19/h5-7H,3-4,8H2,1-2H3. The van der Waals surface area contributed by atoms with Crippen molar-refractivity contribution in [1.82, 2.24) is 14.3 Å². The second kappa shape index (κ2) is 5.92. The molecule has 0 N–H and O–H groups in total. The molecule has 2 aromatic rings. The van der Waals surface area contributed by atoms with Crippen molar-refractivity contribution < 1.29 is 0 Å². The van der Waals surface area contributed by atoms with E-state index in [0.717, 1.165) is 28.8 Å². The third-order valence-corrected chi connectivity index (χ3v) is 3.87. The van der Waals surface area contributed by atoms with E-state index < -0.39 is 0 Å². The van der Waals surface area contributed by atoms with Crippen LogP contribution in [0.1, 0.15) is 25.2 Å². The summed E-state index contributed by atoms with van der Waals surface area (Å²) in [5, 5.41) is 5.12. The lowest BCUT2D eigenvalue weighted by molar-refractivity contribution is 0.589. The summed E-state index contributed by atoms with van der Waals surface area (Å²) < 4.78 is 4.34. The molecule has 0 atom stereocenters. The summed E-state index contributed by atoms with van der Waals surface area (Å²) in [7, 11) is 0. The Kier molecular flexibility index (Phi) is 4.47. The second-order valence-corrected chi connectivity index (χ2v) is 5.48. The molecule has 0 spiro atoms. The van der Waals surface area contributed by atoms with E-state index in [4.69, 9.17) is 11.6 Å². The molecule has 0 fully saturated rings. The summed E-state index contributed by atoms with van der Waals surface area (Å²) in [5.41, 5.74) is 1.70. The Hall–Kier alpha value is -1.07. The summed E-state index contributed by atoms with van der Waals surface area (Å²) >= 11 is 9.71. The molecule has 0 saturated heterocycles. The van der Waals surface area contributed by atoms with Gasteiger partial charge in [0.2, 0.25) is 0 Å². The zero-order chi connectivity index (χ0) is 14.0. The van der Waals surface area contributed by atoms with Gasteiger partial charge in [-0.15, -0.1) is 0 Å². The fourth-order valence-electron chi connectivity index (χ4n) is 1.96. The Labute approximate surface area is 125 Å². The van der Waals surface area contributed by atoms with Crippen LogP contribution >= 0.6 is 27.5 Å². The van der Waals surface area contributed by atoms with E-state index in [1.54, 1.807) is 16.8 Å². The Balaban J connectivity index is 2.45. The molecule has 19 heavy (non-hydrogen) atoms. The maximum atomic E-state index is 11.8. The highest BCUT2D eigenvalue weighted by Gasteiger charge is 2.15. The molecule has 0 bridgehead atoms. The van der Waals surface area contributed by atoms with Crippen molar-refractivity contribution in [2.75, 3.05) is 0 Å². The van der Waals surface area contributed by atoms with E-state index in [9.17, 15) is 4.79 Å². The number of rotatable bonds is 4. The molecular formula is C13H15BrClN3O. The van der Waals surface area contributed by atoms with Gasteiger partial charge >= 0.3 is 0 Å². The Morgan fingerprint density at radius 1 is 1.37 bits per heavy atom. The summed E-state index contributed by atoms with van der Waals surface area (Å²) in [5.74, 6) is 0. The van der Waals surface area contributed by atoms with Gasteiger partial charge in [-0.3, -0.25) is 9.48 Å². The second-order valence-electron chi connectivity index (χ2n) is 4.19. The van der Waals surface area contributed by atoms with Crippen molar-refractivity contribution in [1.29, 1.82) is 0 Å². The van der Waals surface area contributed by atoms with Crippen molar-refractivity contribution in [2.24, 2.45) is 0 Å². The van der Waals surface area contributed by atoms with Crippen LogP contribution in [0.5, 0.6) is 0 Å². The molecule has 6 heteroatoms. The average Bonchev–Trinajstić information content (AvgIpc) is 2.70. The topological polar surface area (TPSA) is 39.8 Å². The summed E-state index contributed by atoms with van der Waals surface area (Å²) in [6, 6.07) is 3.26. The maximum absolute atomic E-state index is 11.8. The van der Waals surface area contributed by atoms with Gasteiger partial charge in [-0.1, -0.05) is 18.5 Å². The third kappa shape index (κ3) is 2.92. The molecule has 102 valence electrons. The Morgan fingerprint density at radius 3 is 2.74 bits per heavy atom. The van der Waals surface area contributed by atoms with Gasteiger partial charge in [0.15, 0.2) is 0 Å². The molecule has 0 radical (unpaired) electrons. The first kappa shape index (κ1) is 14.3. The van der Waals surface area contributed by atoms with Crippen molar-refractivity contribution in [3.63, 3.8) is 0 Å². The van der Waals surface area contributed by atoms with Crippen LogP contribution < -0.4 is 5.56 Å². The van der Waals surface area contributed by atoms with Crippen LogP contribution in [0.2, 0.25) is 5.02 Å². The number of nitrogens with zero attached hydrogens (tertiary/aromatic N) is 3. The predicted octanol–water partition coefficient (Wildman–Crippen LogP) is 3.09. The quantitative estimate of drug-likeness (QED) is 0.855. The van der Waals surface area contributed by atoms with E-state index >= 15 is 0 Å². The number of pyridine rings is 1. The average molecular weight is 345 g/mol. The van der Waals surface area contributed by atoms with Crippen LogP contribution in [-0.2, 0) is 19.5 Å². The molecule has 0 aromatic carbocycles. The largest absolute Gasteiger partial charge is 0.308 e. The minimum Gasteiger partial charge on any atom is -0.308 e. The molecular weight excluding hydrogens is 330 g/mol. The molecule has 0 amide bonds. The van der Waals surface area contributed by atoms with Crippen LogP contribution in [-0.4, -0.2) is 14.3 Å². The molecule has 0 aliphatic carbocycles. The number of aryl methyl sites for hydroxylation is 2. The lowest BCUT2D eigenvalue weighted by atomic mass is 10.3. The van der Waals surface area contributed by atoms with Gasteiger partial charge in [-0.05, 0) is 35.3 Å². The number of aromatic nitrogens is 3. The lowest BCUT2D eigenvalue weighted by Crippen LogP contribution is -2.20. The van der Waals surface area contributed by atoms with Gasteiger partial charge < -0.3 is 4.57 Å². The molecule has 2 aromatic heterocycles. The highest BCUT2D eigenvalue weighted by atomic mass is 79.9. The molecule has 0 saturated carbocycles. The van der Waals surface area contributed by atoms with E-state index in [1.165, 1.54) is 6.07 Å². The Morgan fingerprint density at radius 2 is 2.11 bits per heavy atom. The smallest absolute Gasteiger partial charge is 0.250 e. The fraction of sp³-hybridized carbons (Fsp3) is 0.385. The number of hydrogen-bond acceptors (Lipinski definition) is 2. The SMILES string of the molecule is CCc1nn(CC)c(Cn2cc(Br)ccc2=O)c1Cl. The molecule has 0 unspecified atom stereocenters. The normalized spacial score (nSPS) is 10.9. The van der Waals surface area contributed by atoms with Crippen LogP contribution in [0.4, 0.5) is 0 Å². The van der Waals surface area contributed by atoms with E-state index in [0.29, 0.717) is 11.6 Å². The van der Waals surface area contributed by atoms with Gasteiger partial charge in [-0.2, -0.15) is 5.10 Å². The van der Waals surface area contributed by atoms with Gasteiger partial charge in [0.1, 0.15) is 0 Å². The monoisotopic (exact) mass is 343 g/mol. The summed E-state index contributed by atoms with van der Waals surface area (Å²) in [6.45, 7) is 5.19. The van der Waals surface area contributed by atoms with Crippen molar-refractivity contribution in [3.05, 3.63) is 49.6 Å².